The van der Waals surface area contributed by atoms with Crippen molar-refractivity contribution in [3.8, 4) is 5.75 Å². The molecule has 0 saturated carbocycles. The quantitative estimate of drug-likeness (QED) is 0.896. The van der Waals surface area contributed by atoms with E-state index in [1.54, 1.807) is 12.1 Å². The lowest BCUT2D eigenvalue weighted by Gasteiger charge is -2.16. The van der Waals surface area contributed by atoms with Crippen molar-refractivity contribution in [2.75, 3.05) is 0 Å². The second-order valence-electron chi connectivity index (χ2n) is 5.25. The van der Waals surface area contributed by atoms with Crippen molar-refractivity contribution in [2.45, 2.75) is 32.9 Å². The van der Waals surface area contributed by atoms with Crippen molar-refractivity contribution < 1.29 is 9.13 Å². The molecule has 2 N–H and O–H groups in total. The number of hydrogen-bond donors (Lipinski definition) is 1. The third kappa shape index (κ3) is 3.96. The zero-order valence-corrected chi connectivity index (χ0v) is 13.0. The topological polar surface area (TPSA) is 35.2 Å². The molecule has 1 atom stereocenters. The average molecular weight is 308 g/mol. The lowest BCUT2D eigenvalue weighted by molar-refractivity contribution is 0.294. The van der Waals surface area contributed by atoms with Crippen LogP contribution in [-0.2, 0) is 13.0 Å². The fourth-order valence-electron chi connectivity index (χ4n) is 2.24. The van der Waals surface area contributed by atoms with Gasteiger partial charge < -0.3 is 10.5 Å². The van der Waals surface area contributed by atoms with Crippen LogP contribution in [0.25, 0.3) is 0 Å². The molecule has 0 amide bonds. The molecule has 2 nitrogen and oxygen atoms in total. The van der Waals surface area contributed by atoms with Crippen LogP contribution in [0.1, 0.15) is 23.6 Å². The van der Waals surface area contributed by atoms with E-state index in [2.05, 4.69) is 0 Å². The molecule has 0 heterocycles. The van der Waals surface area contributed by atoms with E-state index in [1.165, 1.54) is 6.07 Å². The first kappa shape index (κ1) is 15.8. The van der Waals surface area contributed by atoms with Crippen LogP contribution in [0.3, 0.4) is 0 Å². The van der Waals surface area contributed by atoms with Gasteiger partial charge in [0.25, 0.3) is 0 Å². The van der Waals surface area contributed by atoms with E-state index >= 15 is 0 Å². The SMILES string of the molecule is Cc1cccc(CC(C)N)c1OCc1cccc(Cl)c1F. The van der Waals surface area contributed by atoms with Gasteiger partial charge in [-0.2, -0.15) is 0 Å². The maximum Gasteiger partial charge on any atom is 0.148 e. The summed E-state index contributed by atoms with van der Waals surface area (Å²) in [6, 6.07) is 10.9. The van der Waals surface area contributed by atoms with Gasteiger partial charge in [-0.1, -0.05) is 41.9 Å². The molecule has 0 bridgehead atoms. The van der Waals surface area contributed by atoms with E-state index in [9.17, 15) is 4.39 Å². The zero-order valence-electron chi connectivity index (χ0n) is 12.2. The van der Waals surface area contributed by atoms with E-state index in [0.717, 1.165) is 23.3 Å². The predicted octanol–water partition coefficient (Wildman–Crippen LogP) is 4.26. The Bertz CT molecular complexity index is 628. The first-order valence-corrected chi connectivity index (χ1v) is 7.26. The predicted molar refractivity (Wildman–Crippen MR) is 84.3 cm³/mol. The lowest BCUT2D eigenvalue weighted by atomic mass is 10.0. The minimum Gasteiger partial charge on any atom is -0.488 e. The Hall–Kier alpha value is -1.58. The van der Waals surface area contributed by atoms with Gasteiger partial charge in [0, 0.05) is 11.6 Å². The van der Waals surface area contributed by atoms with Crippen molar-refractivity contribution >= 4 is 11.6 Å². The Balaban J connectivity index is 2.21. The summed E-state index contributed by atoms with van der Waals surface area (Å²) < 4.78 is 19.7. The summed E-state index contributed by atoms with van der Waals surface area (Å²) in [4.78, 5) is 0. The Labute approximate surface area is 129 Å². The minimum atomic E-state index is -0.429. The fourth-order valence-corrected chi connectivity index (χ4v) is 2.43. The van der Waals surface area contributed by atoms with Crippen LogP contribution < -0.4 is 10.5 Å². The molecule has 21 heavy (non-hydrogen) atoms. The second kappa shape index (κ2) is 6.92. The first-order chi connectivity index (χ1) is 9.99. The fraction of sp³-hybridized carbons (Fsp3) is 0.294. The summed E-state index contributed by atoms with van der Waals surface area (Å²) in [7, 11) is 0. The van der Waals surface area contributed by atoms with E-state index in [4.69, 9.17) is 22.1 Å². The number of benzene rings is 2. The third-order valence-electron chi connectivity index (χ3n) is 3.24. The normalized spacial score (nSPS) is 12.2. The standard InChI is InChI=1S/C17H19ClFNO/c1-11-5-3-6-13(9-12(2)20)17(11)21-10-14-7-4-8-15(18)16(14)19/h3-8,12H,9-10,20H2,1-2H3. The third-order valence-corrected chi connectivity index (χ3v) is 3.53. The lowest BCUT2D eigenvalue weighted by Crippen LogP contribution is -2.18. The van der Waals surface area contributed by atoms with Crippen molar-refractivity contribution in [3.63, 3.8) is 0 Å². The summed E-state index contributed by atoms with van der Waals surface area (Å²) in [5, 5.41) is 0.108. The number of nitrogens with two attached hydrogens (primary N) is 1. The molecule has 0 saturated heterocycles. The van der Waals surface area contributed by atoms with Crippen LogP contribution in [0.4, 0.5) is 4.39 Å². The van der Waals surface area contributed by atoms with E-state index in [0.29, 0.717) is 5.56 Å². The summed E-state index contributed by atoms with van der Waals surface area (Å²) >= 11 is 5.78. The molecule has 0 aliphatic rings. The van der Waals surface area contributed by atoms with Crippen molar-refractivity contribution in [1.29, 1.82) is 0 Å². The Morgan fingerprint density at radius 1 is 1.19 bits per heavy atom. The molecule has 2 aromatic carbocycles. The summed E-state index contributed by atoms with van der Waals surface area (Å²) in [6.07, 6.45) is 0.717. The first-order valence-electron chi connectivity index (χ1n) is 6.88. The number of aryl methyl sites for hydroxylation is 1. The molecule has 0 radical (unpaired) electrons. The van der Waals surface area contributed by atoms with Crippen LogP contribution in [0.5, 0.6) is 5.75 Å². The van der Waals surface area contributed by atoms with Crippen molar-refractivity contribution in [1.82, 2.24) is 0 Å². The second-order valence-corrected chi connectivity index (χ2v) is 5.65. The Kier molecular flexibility index (Phi) is 5.21. The van der Waals surface area contributed by atoms with Gasteiger partial charge in [-0.25, -0.2) is 4.39 Å². The maximum atomic E-state index is 13.9. The molecule has 0 aliphatic carbocycles. The van der Waals surface area contributed by atoms with E-state index < -0.39 is 5.82 Å². The number of halogens is 2. The largest absolute Gasteiger partial charge is 0.488 e. The summed E-state index contributed by atoms with van der Waals surface area (Å²) in [5.74, 6) is 0.343. The van der Waals surface area contributed by atoms with Gasteiger partial charge in [0.05, 0.1) is 5.02 Å². The molecular formula is C17H19ClFNO. The Morgan fingerprint density at radius 2 is 1.86 bits per heavy atom. The highest BCUT2D eigenvalue weighted by Gasteiger charge is 2.11. The highest BCUT2D eigenvalue weighted by molar-refractivity contribution is 6.30. The molecule has 1 unspecified atom stereocenters. The minimum absolute atomic E-state index is 0.0389. The van der Waals surface area contributed by atoms with E-state index in [1.807, 2.05) is 32.0 Å². The highest BCUT2D eigenvalue weighted by Crippen LogP contribution is 2.26. The Morgan fingerprint density at radius 3 is 2.57 bits per heavy atom. The van der Waals surface area contributed by atoms with Gasteiger partial charge in [-0.15, -0.1) is 0 Å². The van der Waals surface area contributed by atoms with Gasteiger partial charge in [0.2, 0.25) is 0 Å². The zero-order chi connectivity index (χ0) is 15.4. The molecule has 0 fully saturated rings. The highest BCUT2D eigenvalue weighted by atomic mass is 35.5. The van der Waals surface area contributed by atoms with Crippen LogP contribution in [0.2, 0.25) is 5.02 Å². The van der Waals surface area contributed by atoms with Crippen LogP contribution in [-0.4, -0.2) is 6.04 Å². The monoisotopic (exact) mass is 307 g/mol. The van der Waals surface area contributed by atoms with Crippen LogP contribution >= 0.6 is 11.6 Å². The number of ether oxygens (including phenoxy) is 1. The summed E-state index contributed by atoms with van der Waals surface area (Å²) in [6.45, 7) is 4.06. The molecule has 112 valence electrons. The smallest absolute Gasteiger partial charge is 0.148 e. The summed E-state index contributed by atoms with van der Waals surface area (Å²) in [5.41, 5.74) is 8.35. The van der Waals surface area contributed by atoms with E-state index in [-0.39, 0.29) is 17.7 Å². The molecule has 2 aromatic rings. The van der Waals surface area contributed by atoms with Crippen molar-refractivity contribution in [2.24, 2.45) is 5.73 Å². The molecule has 0 aromatic heterocycles. The molecule has 0 spiro atoms. The van der Waals surface area contributed by atoms with Gasteiger partial charge in [0.15, 0.2) is 0 Å². The van der Waals surface area contributed by atoms with Crippen LogP contribution in [0.15, 0.2) is 36.4 Å². The van der Waals surface area contributed by atoms with Crippen molar-refractivity contribution in [3.05, 3.63) is 63.9 Å². The molecule has 2 rings (SSSR count). The number of para-hydroxylation sites is 1. The average Bonchev–Trinajstić information content (AvgIpc) is 2.42. The number of rotatable bonds is 5. The van der Waals surface area contributed by atoms with Gasteiger partial charge in [0.1, 0.15) is 18.2 Å². The van der Waals surface area contributed by atoms with Gasteiger partial charge in [-0.3, -0.25) is 0 Å². The molecule has 0 aliphatic heterocycles. The van der Waals surface area contributed by atoms with Gasteiger partial charge >= 0.3 is 0 Å². The number of hydrogen-bond acceptors (Lipinski definition) is 2. The molecule has 4 heteroatoms. The molecular weight excluding hydrogens is 289 g/mol. The maximum absolute atomic E-state index is 13.9. The van der Waals surface area contributed by atoms with Gasteiger partial charge in [-0.05, 0) is 37.5 Å². The van der Waals surface area contributed by atoms with Crippen LogP contribution in [0, 0.1) is 12.7 Å².